The average Bonchev–Trinajstić information content (AvgIpc) is 3.27. The van der Waals surface area contributed by atoms with E-state index in [9.17, 15) is 0 Å². The van der Waals surface area contributed by atoms with Crippen LogP contribution in [0, 0.1) is 0 Å². The molecule has 2 saturated heterocycles. The molecule has 0 amide bonds. The molecule has 6 rings (SSSR count). The zero-order valence-corrected chi connectivity index (χ0v) is 19.4. The number of aromatic nitrogens is 2. The molecule has 0 saturated carbocycles. The van der Waals surface area contributed by atoms with Crippen LogP contribution in [-0.4, -0.2) is 46.2 Å². The van der Waals surface area contributed by atoms with E-state index >= 15 is 0 Å². The van der Waals surface area contributed by atoms with E-state index in [4.69, 9.17) is 4.98 Å². The number of fused-ring (bicyclic) bond motifs is 2. The molecule has 3 aliphatic heterocycles. The number of nitrogens with zero attached hydrogens (tertiary/aromatic N) is 3. The van der Waals surface area contributed by atoms with Gasteiger partial charge in [0.25, 0.3) is 0 Å². The van der Waals surface area contributed by atoms with Gasteiger partial charge in [0.15, 0.2) is 0 Å². The Morgan fingerprint density at radius 3 is 2.61 bits per heavy atom. The minimum atomic E-state index is 0.590. The van der Waals surface area contributed by atoms with Gasteiger partial charge in [-0.15, -0.1) is 0 Å². The lowest BCUT2D eigenvalue weighted by Gasteiger charge is -2.41. The van der Waals surface area contributed by atoms with Crippen LogP contribution in [0.2, 0.25) is 0 Å². The summed E-state index contributed by atoms with van der Waals surface area (Å²) in [7, 11) is 0. The zero-order valence-electron chi connectivity index (χ0n) is 19.4. The Morgan fingerprint density at radius 2 is 1.73 bits per heavy atom. The summed E-state index contributed by atoms with van der Waals surface area (Å²) in [4.78, 5) is 7.59. The molecule has 2 atom stereocenters. The van der Waals surface area contributed by atoms with Gasteiger partial charge < -0.3 is 9.88 Å². The fourth-order valence-corrected chi connectivity index (χ4v) is 6.19. The molecule has 0 spiro atoms. The third-order valence-electron chi connectivity index (χ3n) is 7.91. The standard InChI is InChI=1S/C29H34N4/c1-2-6-22(7-3-1)20-25-21-26(10-14-30-25)32-16-12-24(13-17-32)28-27-9-5-4-8-23(27)11-18-33-19-15-31-29(28)33/h1-9,15,19,25-26,30H,10-14,16-18,20-21H2. The van der Waals surface area contributed by atoms with Gasteiger partial charge in [0, 0.05) is 49.7 Å². The number of nitrogens with one attached hydrogen (secondary N) is 1. The highest BCUT2D eigenvalue weighted by Gasteiger charge is 2.30. The number of aryl methyl sites for hydroxylation is 2. The fourth-order valence-electron chi connectivity index (χ4n) is 6.19. The van der Waals surface area contributed by atoms with E-state index in [1.807, 2.05) is 6.20 Å². The van der Waals surface area contributed by atoms with E-state index in [1.165, 1.54) is 54.0 Å². The Bertz CT molecular complexity index is 1120. The molecule has 1 aromatic heterocycles. The van der Waals surface area contributed by atoms with Gasteiger partial charge in [-0.1, -0.05) is 60.2 Å². The molecule has 4 heteroatoms. The van der Waals surface area contributed by atoms with Crippen molar-refractivity contribution < 1.29 is 0 Å². The predicted octanol–water partition coefficient (Wildman–Crippen LogP) is 4.70. The molecule has 170 valence electrons. The molecule has 0 radical (unpaired) electrons. The normalized spacial score (nSPS) is 23.6. The van der Waals surface area contributed by atoms with Gasteiger partial charge in [0.05, 0.1) is 0 Å². The van der Waals surface area contributed by atoms with Crippen molar-refractivity contribution >= 4 is 5.57 Å². The molecule has 2 fully saturated rings. The van der Waals surface area contributed by atoms with Crippen molar-refractivity contribution in [2.75, 3.05) is 19.6 Å². The minimum Gasteiger partial charge on any atom is -0.331 e. The van der Waals surface area contributed by atoms with Gasteiger partial charge >= 0.3 is 0 Å². The van der Waals surface area contributed by atoms with Gasteiger partial charge in [0.2, 0.25) is 0 Å². The number of hydrogen-bond acceptors (Lipinski definition) is 3. The molecule has 3 aromatic rings. The largest absolute Gasteiger partial charge is 0.331 e. The second-order valence-corrected chi connectivity index (χ2v) is 9.88. The molecular weight excluding hydrogens is 404 g/mol. The van der Waals surface area contributed by atoms with Crippen molar-refractivity contribution in [1.82, 2.24) is 19.8 Å². The molecule has 33 heavy (non-hydrogen) atoms. The summed E-state index contributed by atoms with van der Waals surface area (Å²) < 4.78 is 2.36. The van der Waals surface area contributed by atoms with E-state index < -0.39 is 0 Å². The highest BCUT2D eigenvalue weighted by Crippen LogP contribution is 2.36. The number of piperidine rings is 2. The molecule has 4 heterocycles. The van der Waals surface area contributed by atoms with Crippen molar-refractivity contribution in [3.8, 4) is 0 Å². The summed E-state index contributed by atoms with van der Waals surface area (Å²) in [5, 5.41) is 3.78. The maximum absolute atomic E-state index is 4.81. The average molecular weight is 439 g/mol. The molecule has 0 aliphatic carbocycles. The van der Waals surface area contributed by atoms with Gasteiger partial charge in [-0.25, -0.2) is 4.98 Å². The smallest absolute Gasteiger partial charge is 0.140 e. The first kappa shape index (κ1) is 20.9. The lowest BCUT2D eigenvalue weighted by molar-refractivity contribution is 0.134. The lowest BCUT2D eigenvalue weighted by Crippen LogP contribution is -2.50. The monoisotopic (exact) mass is 438 g/mol. The summed E-state index contributed by atoms with van der Waals surface area (Å²) in [5.41, 5.74) is 7.34. The highest BCUT2D eigenvalue weighted by atomic mass is 15.2. The van der Waals surface area contributed by atoms with E-state index in [2.05, 4.69) is 75.6 Å². The molecular formula is C29H34N4. The number of imidazole rings is 1. The van der Waals surface area contributed by atoms with E-state index in [0.29, 0.717) is 12.1 Å². The molecule has 2 aromatic carbocycles. The maximum atomic E-state index is 4.81. The van der Waals surface area contributed by atoms with E-state index in [1.54, 1.807) is 5.57 Å². The molecule has 3 aliphatic rings. The number of likely N-dealkylation sites (tertiary alicyclic amines) is 1. The predicted molar refractivity (Wildman–Crippen MR) is 134 cm³/mol. The van der Waals surface area contributed by atoms with Crippen LogP contribution in [0.1, 0.15) is 48.2 Å². The summed E-state index contributed by atoms with van der Waals surface area (Å²) in [6, 6.07) is 21.2. The number of rotatable bonds is 3. The van der Waals surface area contributed by atoms with Crippen molar-refractivity contribution in [3.05, 3.63) is 95.1 Å². The van der Waals surface area contributed by atoms with Crippen LogP contribution in [0.5, 0.6) is 0 Å². The van der Waals surface area contributed by atoms with Crippen LogP contribution in [0.25, 0.3) is 5.57 Å². The Morgan fingerprint density at radius 1 is 0.909 bits per heavy atom. The molecule has 2 unspecified atom stereocenters. The topological polar surface area (TPSA) is 33.1 Å². The summed E-state index contributed by atoms with van der Waals surface area (Å²) >= 11 is 0. The van der Waals surface area contributed by atoms with Crippen LogP contribution < -0.4 is 5.32 Å². The SMILES string of the molecule is c1ccc(CC2CC(N3CCC(=C4c5ccccc5CCn5ccnc54)CC3)CCN2)cc1. The lowest BCUT2D eigenvalue weighted by atomic mass is 9.88. The van der Waals surface area contributed by atoms with E-state index in [0.717, 1.165) is 38.8 Å². The molecule has 4 nitrogen and oxygen atoms in total. The Labute approximate surface area is 197 Å². The minimum absolute atomic E-state index is 0.590. The zero-order chi connectivity index (χ0) is 22.0. The first-order valence-electron chi connectivity index (χ1n) is 12.7. The van der Waals surface area contributed by atoms with Gasteiger partial charge in [-0.05, 0) is 61.8 Å². The first-order valence-corrected chi connectivity index (χ1v) is 12.7. The second-order valence-electron chi connectivity index (χ2n) is 9.88. The van der Waals surface area contributed by atoms with Crippen LogP contribution >= 0.6 is 0 Å². The second kappa shape index (κ2) is 9.28. The van der Waals surface area contributed by atoms with Crippen molar-refractivity contribution in [2.24, 2.45) is 0 Å². The number of benzene rings is 2. The van der Waals surface area contributed by atoms with Crippen molar-refractivity contribution in [1.29, 1.82) is 0 Å². The highest BCUT2D eigenvalue weighted by molar-refractivity contribution is 5.81. The van der Waals surface area contributed by atoms with E-state index in [-0.39, 0.29) is 0 Å². The quantitative estimate of drug-likeness (QED) is 0.643. The van der Waals surface area contributed by atoms with Crippen LogP contribution in [0.15, 0.2) is 72.6 Å². The van der Waals surface area contributed by atoms with Crippen LogP contribution in [-0.2, 0) is 19.4 Å². The van der Waals surface area contributed by atoms with Crippen LogP contribution in [0.3, 0.4) is 0 Å². The Hall–Kier alpha value is -2.69. The van der Waals surface area contributed by atoms with Crippen molar-refractivity contribution in [2.45, 2.75) is 57.2 Å². The van der Waals surface area contributed by atoms with Crippen LogP contribution in [0.4, 0.5) is 0 Å². The van der Waals surface area contributed by atoms with Gasteiger partial charge in [0.1, 0.15) is 5.82 Å². The summed E-state index contributed by atoms with van der Waals surface area (Å²) in [6.45, 7) is 4.50. The van der Waals surface area contributed by atoms with Gasteiger partial charge in [-0.3, -0.25) is 4.90 Å². The first-order chi connectivity index (χ1) is 16.3. The summed E-state index contributed by atoms with van der Waals surface area (Å²) in [5.74, 6) is 1.17. The molecule has 1 N–H and O–H groups in total. The Balaban J connectivity index is 1.19. The summed E-state index contributed by atoms with van der Waals surface area (Å²) in [6.07, 6.45) is 11.2. The fraction of sp³-hybridized carbons (Fsp3) is 0.414. The maximum Gasteiger partial charge on any atom is 0.140 e. The Kier molecular flexibility index (Phi) is 5.87. The van der Waals surface area contributed by atoms with Crippen molar-refractivity contribution in [3.63, 3.8) is 0 Å². The third kappa shape index (κ3) is 4.30. The number of hydrogen-bond donors (Lipinski definition) is 1. The van der Waals surface area contributed by atoms with Gasteiger partial charge in [-0.2, -0.15) is 0 Å². The molecule has 0 bridgehead atoms. The third-order valence-corrected chi connectivity index (χ3v) is 7.91.